The molecule has 1 N–H and O–H groups in total. The van der Waals surface area contributed by atoms with Crippen molar-refractivity contribution in [3.8, 4) is 5.75 Å². The number of halogens is 4. The largest absolute Gasteiger partial charge is 0.495 e. The highest BCUT2D eigenvalue weighted by Crippen LogP contribution is 2.28. The topological polar surface area (TPSA) is 58.6 Å². The van der Waals surface area contributed by atoms with Gasteiger partial charge in [-0.1, -0.05) is 11.6 Å². The molecule has 2 rings (SSSR count). The average Bonchev–Trinajstić information content (AvgIpc) is 2.78. The molecule has 0 bridgehead atoms. The average molecular weight is 351 g/mol. The number of carbonyl (C=O) groups excluding carboxylic acids is 2. The lowest BCUT2D eigenvalue weighted by Gasteiger charge is -2.18. The second-order valence-corrected chi connectivity index (χ2v) is 5.54. The van der Waals surface area contributed by atoms with Gasteiger partial charge in [0.2, 0.25) is 11.8 Å². The lowest BCUT2D eigenvalue weighted by molar-refractivity contribution is -0.157. The van der Waals surface area contributed by atoms with Crippen molar-refractivity contribution in [1.29, 1.82) is 0 Å². The van der Waals surface area contributed by atoms with Crippen molar-refractivity contribution in [1.82, 2.24) is 4.90 Å². The first-order chi connectivity index (χ1) is 10.7. The normalized spacial score (nSPS) is 18.2. The zero-order chi connectivity index (χ0) is 17.2. The van der Waals surface area contributed by atoms with E-state index in [4.69, 9.17) is 16.3 Å². The van der Waals surface area contributed by atoms with Gasteiger partial charge >= 0.3 is 6.18 Å². The molecule has 1 atom stereocenters. The molecular weight excluding hydrogens is 337 g/mol. The first kappa shape index (κ1) is 17.4. The van der Waals surface area contributed by atoms with Crippen molar-refractivity contribution in [3.63, 3.8) is 0 Å². The lowest BCUT2D eigenvalue weighted by Crippen LogP contribution is -2.36. The first-order valence-corrected chi connectivity index (χ1v) is 7.06. The molecule has 1 aromatic carbocycles. The fourth-order valence-corrected chi connectivity index (χ4v) is 2.56. The minimum absolute atomic E-state index is 0.244. The van der Waals surface area contributed by atoms with E-state index in [1.165, 1.54) is 13.2 Å². The van der Waals surface area contributed by atoms with Gasteiger partial charge in [0.25, 0.3) is 0 Å². The Bertz CT molecular complexity index is 622. The number of carbonyl (C=O) groups is 2. The fourth-order valence-electron chi connectivity index (χ4n) is 2.31. The highest BCUT2D eigenvalue weighted by atomic mass is 35.5. The van der Waals surface area contributed by atoms with Gasteiger partial charge in [-0.05, 0) is 18.2 Å². The number of nitrogens with one attached hydrogen (secondary N) is 1. The van der Waals surface area contributed by atoms with Gasteiger partial charge in [-0.2, -0.15) is 13.2 Å². The number of likely N-dealkylation sites (tertiary alicyclic amines) is 1. The van der Waals surface area contributed by atoms with Gasteiger partial charge in [0, 0.05) is 18.7 Å². The molecule has 1 aliphatic heterocycles. The van der Waals surface area contributed by atoms with Gasteiger partial charge in [0.15, 0.2) is 0 Å². The molecule has 9 heteroatoms. The summed E-state index contributed by atoms with van der Waals surface area (Å²) >= 11 is 5.93. The third-order valence-electron chi connectivity index (χ3n) is 3.37. The van der Waals surface area contributed by atoms with Gasteiger partial charge < -0.3 is 15.0 Å². The second kappa shape index (κ2) is 6.66. The summed E-state index contributed by atoms with van der Waals surface area (Å²) in [6.45, 7) is -1.60. The Morgan fingerprint density at radius 1 is 1.48 bits per heavy atom. The molecule has 1 aliphatic rings. The number of nitrogens with zero attached hydrogens (tertiary/aromatic N) is 1. The van der Waals surface area contributed by atoms with E-state index in [-0.39, 0.29) is 18.0 Å². The Kier molecular flexibility index (Phi) is 5.03. The van der Waals surface area contributed by atoms with Gasteiger partial charge in [-0.15, -0.1) is 0 Å². The number of hydrogen-bond acceptors (Lipinski definition) is 3. The molecule has 23 heavy (non-hydrogen) atoms. The SMILES string of the molecule is COc1ccc(NC(=O)[C@@H]2CC(=O)N(CC(F)(F)F)C2)cc1Cl. The molecule has 126 valence electrons. The summed E-state index contributed by atoms with van der Waals surface area (Å²) in [4.78, 5) is 24.3. The summed E-state index contributed by atoms with van der Waals surface area (Å²) < 4.78 is 42.0. The zero-order valence-electron chi connectivity index (χ0n) is 12.1. The Morgan fingerprint density at radius 3 is 2.74 bits per heavy atom. The summed E-state index contributed by atoms with van der Waals surface area (Å²) in [6, 6.07) is 4.56. The van der Waals surface area contributed by atoms with E-state index in [1.54, 1.807) is 12.1 Å². The third-order valence-corrected chi connectivity index (χ3v) is 3.67. The van der Waals surface area contributed by atoms with Crippen LogP contribution in [0.4, 0.5) is 18.9 Å². The van der Waals surface area contributed by atoms with Crippen LogP contribution in [0.3, 0.4) is 0 Å². The number of anilines is 1. The van der Waals surface area contributed by atoms with Gasteiger partial charge in [-0.25, -0.2) is 0 Å². The van der Waals surface area contributed by atoms with E-state index >= 15 is 0 Å². The number of ether oxygens (including phenoxy) is 1. The van der Waals surface area contributed by atoms with Crippen molar-refractivity contribution in [2.24, 2.45) is 5.92 Å². The molecule has 1 fully saturated rings. The second-order valence-electron chi connectivity index (χ2n) is 5.13. The fraction of sp³-hybridized carbons (Fsp3) is 0.429. The van der Waals surface area contributed by atoms with Crippen LogP contribution in [-0.4, -0.2) is 43.1 Å². The number of hydrogen-bond donors (Lipinski definition) is 1. The molecule has 1 aromatic rings. The Balaban J connectivity index is 1.99. The number of amides is 2. The van der Waals surface area contributed by atoms with Gasteiger partial charge in [0.1, 0.15) is 12.3 Å². The first-order valence-electron chi connectivity index (χ1n) is 6.68. The molecule has 5 nitrogen and oxygen atoms in total. The summed E-state index contributed by atoms with van der Waals surface area (Å²) in [5, 5.41) is 2.82. The summed E-state index contributed by atoms with van der Waals surface area (Å²) in [6.07, 6.45) is -4.73. The number of alkyl halides is 3. The lowest BCUT2D eigenvalue weighted by atomic mass is 10.1. The van der Waals surface area contributed by atoms with E-state index < -0.39 is 30.5 Å². The smallest absolute Gasteiger partial charge is 0.406 e. The quantitative estimate of drug-likeness (QED) is 0.908. The van der Waals surface area contributed by atoms with Crippen molar-refractivity contribution >= 4 is 29.1 Å². The van der Waals surface area contributed by atoms with Crippen molar-refractivity contribution in [3.05, 3.63) is 23.2 Å². The Morgan fingerprint density at radius 2 is 2.17 bits per heavy atom. The van der Waals surface area contributed by atoms with Crippen LogP contribution in [0.5, 0.6) is 5.75 Å². The Labute approximate surface area is 135 Å². The maximum absolute atomic E-state index is 12.4. The van der Waals surface area contributed by atoms with E-state index in [1.807, 2.05) is 0 Å². The van der Waals surface area contributed by atoms with Gasteiger partial charge in [-0.3, -0.25) is 9.59 Å². The van der Waals surface area contributed by atoms with Crippen molar-refractivity contribution in [2.75, 3.05) is 25.5 Å². The predicted molar refractivity (Wildman–Crippen MR) is 77.4 cm³/mol. The minimum Gasteiger partial charge on any atom is -0.495 e. The van der Waals surface area contributed by atoms with Crippen LogP contribution < -0.4 is 10.1 Å². The van der Waals surface area contributed by atoms with Crippen LogP contribution in [0.25, 0.3) is 0 Å². The molecule has 0 aliphatic carbocycles. The third kappa shape index (κ3) is 4.51. The highest BCUT2D eigenvalue weighted by Gasteiger charge is 2.40. The summed E-state index contributed by atoms with van der Waals surface area (Å²) in [7, 11) is 1.44. The zero-order valence-corrected chi connectivity index (χ0v) is 12.9. The predicted octanol–water partition coefficient (Wildman–Crippen LogP) is 2.70. The van der Waals surface area contributed by atoms with Crippen LogP contribution in [0, 0.1) is 5.92 Å². The Hall–Kier alpha value is -1.96. The van der Waals surface area contributed by atoms with Crippen LogP contribution in [-0.2, 0) is 9.59 Å². The van der Waals surface area contributed by atoms with Crippen molar-refractivity contribution < 1.29 is 27.5 Å². The molecule has 0 spiro atoms. The molecule has 1 saturated heterocycles. The number of methoxy groups -OCH3 is 1. The molecule has 0 aromatic heterocycles. The van der Waals surface area contributed by atoms with Gasteiger partial charge in [0.05, 0.1) is 18.1 Å². The van der Waals surface area contributed by atoms with E-state index in [9.17, 15) is 22.8 Å². The van der Waals surface area contributed by atoms with E-state index in [2.05, 4.69) is 5.32 Å². The van der Waals surface area contributed by atoms with Crippen LogP contribution in [0.15, 0.2) is 18.2 Å². The number of benzene rings is 1. The molecule has 0 saturated carbocycles. The van der Waals surface area contributed by atoms with Crippen LogP contribution in [0.2, 0.25) is 5.02 Å². The van der Waals surface area contributed by atoms with Crippen molar-refractivity contribution in [2.45, 2.75) is 12.6 Å². The summed E-state index contributed by atoms with van der Waals surface area (Å²) in [5.41, 5.74) is 0.377. The van der Waals surface area contributed by atoms with E-state index in [0.717, 1.165) is 0 Å². The van der Waals surface area contributed by atoms with Crippen LogP contribution in [0.1, 0.15) is 6.42 Å². The molecular formula is C14H14ClF3N2O3. The molecule has 1 heterocycles. The summed E-state index contributed by atoms with van der Waals surface area (Å²) in [5.74, 6) is -1.61. The molecule has 0 radical (unpaired) electrons. The highest BCUT2D eigenvalue weighted by molar-refractivity contribution is 6.32. The molecule has 0 unspecified atom stereocenters. The maximum Gasteiger partial charge on any atom is 0.406 e. The van der Waals surface area contributed by atoms with Crippen LogP contribution >= 0.6 is 11.6 Å². The monoisotopic (exact) mass is 350 g/mol. The number of rotatable bonds is 4. The molecule has 2 amide bonds. The standard InChI is InChI=1S/C14H14ClF3N2O3/c1-23-11-3-2-9(5-10(11)15)19-13(22)8-4-12(21)20(6-8)7-14(16,17)18/h2-3,5,8H,4,6-7H2,1H3,(H,19,22)/t8-/m1/s1. The minimum atomic E-state index is -4.48. The maximum atomic E-state index is 12.4. The van der Waals surface area contributed by atoms with E-state index in [0.29, 0.717) is 16.3 Å².